The van der Waals surface area contributed by atoms with Gasteiger partial charge in [-0.3, -0.25) is 0 Å². The Balaban J connectivity index is -0.0000000183. The summed E-state index contributed by atoms with van der Waals surface area (Å²) >= 11 is 0. The van der Waals surface area contributed by atoms with Gasteiger partial charge in [0.25, 0.3) is 0 Å². The molecule has 0 aromatic heterocycles. The van der Waals surface area contributed by atoms with Gasteiger partial charge >= 0.3 is 11.3 Å². The van der Waals surface area contributed by atoms with Gasteiger partial charge < -0.3 is 10.3 Å². The van der Waals surface area contributed by atoms with E-state index in [2.05, 4.69) is 6.65 Å². The van der Waals surface area contributed by atoms with Crippen LogP contribution >= 0.6 is 0 Å². The summed E-state index contributed by atoms with van der Waals surface area (Å²) in [5, 5.41) is 0. The summed E-state index contributed by atoms with van der Waals surface area (Å²) in [6, 6.07) is 0. The fourth-order valence-corrected chi connectivity index (χ4v) is 0. The summed E-state index contributed by atoms with van der Waals surface area (Å²) in [6.45, 7) is 7.56. The molecule has 3 nitrogen and oxygen atoms in total. The average molecular weight is 120 g/mol. The van der Waals surface area contributed by atoms with Crippen molar-refractivity contribution < 1.29 is 14.9 Å². The predicted molar refractivity (Wildman–Crippen MR) is 30.6 cm³/mol. The molecule has 0 bridgehead atoms. The number of Topliss-reactive ketones (excluding diaryl/α,β-unsaturated/α-hetero) is 1. The number of carbonyl (C=O) groups is 1. The second-order valence-electron chi connectivity index (χ2n) is 0.908. The first-order valence-electron chi connectivity index (χ1n) is 1.41. The summed E-state index contributed by atoms with van der Waals surface area (Å²) in [7, 11) is 0. The average Bonchev–Trinajstić information content (AvgIpc) is 1.41. The van der Waals surface area contributed by atoms with E-state index in [0.29, 0.717) is 0 Å². The minimum absolute atomic E-state index is 0. The monoisotopic (exact) mass is 120 g/mol. The van der Waals surface area contributed by atoms with Gasteiger partial charge in [-0.05, 0) is 13.8 Å². The van der Waals surface area contributed by atoms with Gasteiger partial charge in [0, 0.05) is 0 Å². The van der Waals surface area contributed by atoms with Crippen LogP contribution in [0, 0.1) is 6.65 Å². The summed E-state index contributed by atoms with van der Waals surface area (Å²) in [4.78, 5) is 9.44. The Morgan fingerprint density at radius 3 is 1.38 bits per heavy atom. The standard InChI is InChI=1S/C3H6O.CO.CH4.H2O/c1-3(2)4;1-2;;/h1-2H3;;1H4;1H2. The van der Waals surface area contributed by atoms with Crippen molar-refractivity contribution in [3.05, 3.63) is 6.65 Å². The molecule has 0 aliphatic carbocycles. The van der Waals surface area contributed by atoms with Crippen molar-refractivity contribution in [1.82, 2.24) is 0 Å². The third-order valence-electron chi connectivity index (χ3n) is 0. The summed E-state index contributed by atoms with van der Waals surface area (Å²) in [5.41, 5.74) is 0. The maximum atomic E-state index is 9.44. The molecular weight excluding hydrogens is 108 g/mol. The van der Waals surface area contributed by atoms with Crippen LogP contribution in [0.15, 0.2) is 0 Å². The first kappa shape index (κ1) is 26.3. The van der Waals surface area contributed by atoms with Gasteiger partial charge in [0.05, 0.1) is 0 Å². The molecule has 0 aliphatic rings. The zero-order valence-electron chi connectivity index (χ0n) is 4.32. The van der Waals surface area contributed by atoms with Gasteiger partial charge in [-0.1, -0.05) is 7.43 Å². The molecule has 50 valence electrons. The number of carbonyl (C=O) groups excluding carboxylic acids is 1. The molecule has 0 aliphatic heterocycles. The van der Waals surface area contributed by atoms with Crippen LogP contribution in [0.1, 0.15) is 21.3 Å². The number of hydrogen-bond donors (Lipinski definition) is 0. The van der Waals surface area contributed by atoms with Crippen molar-refractivity contribution in [2.75, 3.05) is 0 Å². The number of rotatable bonds is 0. The van der Waals surface area contributed by atoms with E-state index in [1.165, 1.54) is 13.8 Å². The third kappa shape index (κ3) is 258. The second kappa shape index (κ2) is 32.7. The molecule has 0 radical (unpaired) electrons. The van der Waals surface area contributed by atoms with Crippen molar-refractivity contribution in [3.63, 3.8) is 0 Å². The topological polar surface area (TPSA) is 68.5 Å². The maximum absolute atomic E-state index is 9.44. The molecule has 0 unspecified atom stereocenters. The van der Waals surface area contributed by atoms with E-state index in [1.54, 1.807) is 0 Å². The van der Waals surface area contributed by atoms with E-state index < -0.39 is 0 Å². The fraction of sp³-hybridized carbons (Fsp3) is 0.600. The van der Waals surface area contributed by atoms with Crippen molar-refractivity contribution in [1.29, 1.82) is 0 Å². The summed E-state index contributed by atoms with van der Waals surface area (Å²) < 4.78 is 7.50. The van der Waals surface area contributed by atoms with E-state index in [1.807, 2.05) is 0 Å². The van der Waals surface area contributed by atoms with Gasteiger partial charge in [0.15, 0.2) is 0 Å². The molecule has 0 aromatic carbocycles. The molecule has 0 saturated heterocycles. The Morgan fingerprint density at radius 2 is 1.38 bits per heavy atom. The van der Waals surface area contributed by atoms with E-state index in [4.69, 9.17) is 4.65 Å². The number of hydrogen-bond acceptors (Lipinski definition) is 1. The SMILES string of the molecule is C.CC(C)=O.O.[C-]#[O+]. The minimum atomic E-state index is 0. The van der Waals surface area contributed by atoms with Crippen molar-refractivity contribution in [3.8, 4) is 0 Å². The Labute approximate surface area is 49.7 Å². The quantitative estimate of drug-likeness (QED) is 0.336. The molecular formula is C5H12O3. The Kier molecular flexibility index (Phi) is 108. The van der Waals surface area contributed by atoms with Gasteiger partial charge in [-0.2, -0.15) is 0 Å². The van der Waals surface area contributed by atoms with Gasteiger partial charge in [-0.25, -0.2) is 0 Å². The molecule has 0 rings (SSSR count). The molecule has 0 saturated carbocycles. The van der Waals surface area contributed by atoms with Crippen molar-refractivity contribution in [2.24, 2.45) is 0 Å². The van der Waals surface area contributed by atoms with E-state index in [9.17, 15) is 4.79 Å². The van der Waals surface area contributed by atoms with Crippen molar-refractivity contribution in [2.45, 2.75) is 21.3 Å². The second-order valence-corrected chi connectivity index (χ2v) is 0.908. The zero-order valence-corrected chi connectivity index (χ0v) is 4.32. The van der Waals surface area contributed by atoms with Crippen LogP contribution in [0.5, 0.6) is 0 Å². The van der Waals surface area contributed by atoms with Crippen LogP contribution in [0.4, 0.5) is 0 Å². The van der Waals surface area contributed by atoms with Crippen LogP contribution < -0.4 is 0 Å². The molecule has 3 heteroatoms. The molecule has 0 fully saturated rings. The Hall–Kier alpha value is -0.630. The fourth-order valence-electron chi connectivity index (χ4n) is 0. The normalized spacial score (nSPS) is 3.50. The van der Waals surface area contributed by atoms with Crippen molar-refractivity contribution >= 4 is 5.78 Å². The molecule has 0 heterocycles. The van der Waals surface area contributed by atoms with Crippen LogP contribution in [0.3, 0.4) is 0 Å². The molecule has 0 atom stereocenters. The Bertz CT molecular complexity index is 51.9. The predicted octanol–water partition coefficient (Wildman–Crippen LogP) is 0.369. The first-order chi connectivity index (χ1) is 2.73. The van der Waals surface area contributed by atoms with E-state index in [0.717, 1.165) is 0 Å². The molecule has 8 heavy (non-hydrogen) atoms. The van der Waals surface area contributed by atoms with E-state index >= 15 is 0 Å². The third-order valence-corrected chi connectivity index (χ3v) is 0. The molecule has 0 aromatic rings. The molecule has 2 N–H and O–H groups in total. The van der Waals surface area contributed by atoms with Gasteiger partial charge in [-0.15, -0.1) is 0 Å². The molecule has 0 amide bonds. The Morgan fingerprint density at radius 1 is 1.38 bits per heavy atom. The zero-order chi connectivity index (χ0) is 5.58. The first-order valence-corrected chi connectivity index (χ1v) is 1.41. The van der Waals surface area contributed by atoms with Crippen LogP contribution in [-0.4, -0.2) is 11.3 Å². The van der Waals surface area contributed by atoms with Gasteiger partial charge in [0.2, 0.25) is 0 Å². The molecule has 0 spiro atoms. The summed E-state index contributed by atoms with van der Waals surface area (Å²) in [6.07, 6.45) is 0. The van der Waals surface area contributed by atoms with Crippen LogP contribution in [0.2, 0.25) is 0 Å². The van der Waals surface area contributed by atoms with Gasteiger partial charge in [0.1, 0.15) is 5.78 Å². The number of ketones is 1. The summed E-state index contributed by atoms with van der Waals surface area (Å²) in [5.74, 6) is 0.167. The van der Waals surface area contributed by atoms with Crippen LogP contribution in [0.25, 0.3) is 0 Å². The van der Waals surface area contributed by atoms with E-state index in [-0.39, 0.29) is 18.7 Å². The van der Waals surface area contributed by atoms with Crippen LogP contribution in [-0.2, 0) is 9.45 Å².